The van der Waals surface area contributed by atoms with Crippen LogP contribution in [0.15, 0.2) is 54.6 Å². The molecule has 0 aliphatic heterocycles. The molecule has 0 aliphatic carbocycles. The lowest BCUT2D eigenvalue weighted by atomic mass is 10.1. The van der Waals surface area contributed by atoms with E-state index in [4.69, 9.17) is 9.84 Å². The molecule has 0 radical (unpaired) electrons. The van der Waals surface area contributed by atoms with Crippen molar-refractivity contribution in [3.8, 4) is 0 Å². The average molecular weight is 355 g/mol. The number of ketones is 1. The lowest BCUT2D eigenvalue weighted by Gasteiger charge is -2.07. The number of ether oxygens (including phenoxy) is 1. The Hall–Kier alpha value is -3.48. The third-order valence-electron chi connectivity index (χ3n) is 3.40. The van der Waals surface area contributed by atoms with Gasteiger partial charge in [-0.1, -0.05) is 30.3 Å². The smallest absolute Gasteiger partial charge is 0.338 e. The van der Waals surface area contributed by atoms with Crippen molar-refractivity contribution >= 4 is 29.3 Å². The van der Waals surface area contributed by atoms with Gasteiger partial charge in [0.05, 0.1) is 12.0 Å². The Labute approximate surface area is 149 Å². The van der Waals surface area contributed by atoms with E-state index < -0.39 is 17.8 Å². The Balaban J connectivity index is 1.85. The highest BCUT2D eigenvalue weighted by atomic mass is 16.5. The first kappa shape index (κ1) is 18.9. The Morgan fingerprint density at radius 2 is 1.50 bits per heavy atom. The predicted molar refractivity (Wildman–Crippen MR) is 93.0 cm³/mol. The number of nitrogens with one attached hydrogen (secondary N) is 1. The first-order valence-corrected chi connectivity index (χ1v) is 7.83. The zero-order chi connectivity index (χ0) is 18.9. The van der Waals surface area contributed by atoms with Crippen molar-refractivity contribution in [1.82, 2.24) is 0 Å². The third-order valence-corrected chi connectivity index (χ3v) is 3.40. The molecule has 2 rings (SSSR count). The largest absolute Gasteiger partial charge is 0.481 e. The van der Waals surface area contributed by atoms with Gasteiger partial charge in [-0.15, -0.1) is 0 Å². The van der Waals surface area contributed by atoms with Gasteiger partial charge in [0.2, 0.25) is 5.91 Å². The summed E-state index contributed by atoms with van der Waals surface area (Å²) in [5.74, 6) is -2.45. The van der Waals surface area contributed by atoms with E-state index >= 15 is 0 Å². The van der Waals surface area contributed by atoms with Gasteiger partial charge in [0.1, 0.15) is 0 Å². The molecule has 1 amide bonds. The number of carboxylic acid groups (broad SMARTS) is 1. The van der Waals surface area contributed by atoms with Gasteiger partial charge < -0.3 is 15.2 Å². The maximum atomic E-state index is 12.0. The molecular weight excluding hydrogens is 338 g/mol. The molecular formula is C19H17NO6. The van der Waals surface area contributed by atoms with Crippen molar-refractivity contribution in [2.45, 2.75) is 12.8 Å². The number of rotatable bonds is 8. The SMILES string of the molecule is O=C(O)CCC(=O)Nc1ccc(C(=O)OCC(=O)c2ccccc2)cc1. The van der Waals surface area contributed by atoms with Crippen molar-refractivity contribution in [2.75, 3.05) is 11.9 Å². The molecule has 7 nitrogen and oxygen atoms in total. The number of anilines is 1. The highest BCUT2D eigenvalue weighted by Gasteiger charge is 2.12. The molecule has 26 heavy (non-hydrogen) atoms. The summed E-state index contributed by atoms with van der Waals surface area (Å²) in [6.07, 6.45) is -0.396. The zero-order valence-corrected chi connectivity index (χ0v) is 13.8. The van der Waals surface area contributed by atoms with E-state index in [2.05, 4.69) is 5.32 Å². The summed E-state index contributed by atoms with van der Waals surface area (Å²) in [6.45, 7) is -0.365. The number of hydrogen-bond acceptors (Lipinski definition) is 5. The molecule has 2 N–H and O–H groups in total. The molecule has 0 unspecified atom stereocenters. The van der Waals surface area contributed by atoms with Crippen LogP contribution in [0.5, 0.6) is 0 Å². The topological polar surface area (TPSA) is 110 Å². The minimum Gasteiger partial charge on any atom is -0.481 e. The normalized spacial score (nSPS) is 10.0. The van der Waals surface area contributed by atoms with Crippen molar-refractivity contribution < 1.29 is 29.0 Å². The molecule has 0 aromatic heterocycles. The molecule has 0 atom stereocenters. The van der Waals surface area contributed by atoms with E-state index in [0.717, 1.165) is 0 Å². The first-order chi connectivity index (χ1) is 12.5. The van der Waals surface area contributed by atoms with Crippen LogP contribution < -0.4 is 5.32 Å². The molecule has 0 saturated heterocycles. The van der Waals surface area contributed by atoms with E-state index in [1.54, 1.807) is 30.3 Å². The molecule has 2 aromatic carbocycles. The number of aliphatic carboxylic acids is 1. The Bertz CT molecular complexity index is 799. The number of hydrogen-bond donors (Lipinski definition) is 2. The molecule has 0 aliphatic rings. The first-order valence-electron chi connectivity index (χ1n) is 7.83. The standard InChI is InChI=1S/C19H17NO6/c21-16(13-4-2-1-3-5-13)12-26-19(25)14-6-8-15(9-7-14)20-17(22)10-11-18(23)24/h1-9H,10-12H2,(H,20,22)(H,23,24). The van der Waals surface area contributed by atoms with Crippen molar-refractivity contribution in [2.24, 2.45) is 0 Å². The highest BCUT2D eigenvalue weighted by molar-refractivity contribution is 5.99. The summed E-state index contributed by atoms with van der Waals surface area (Å²) in [4.78, 5) is 45.8. The second-order valence-corrected chi connectivity index (χ2v) is 5.38. The maximum absolute atomic E-state index is 12.0. The third kappa shape index (κ3) is 5.86. The van der Waals surface area contributed by atoms with Crippen LogP contribution in [0, 0.1) is 0 Å². The van der Waals surface area contributed by atoms with Crippen LogP contribution >= 0.6 is 0 Å². The Morgan fingerprint density at radius 1 is 0.846 bits per heavy atom. The van der Waals surface area contributed by atoms with E-state index in [0.29, 0.717) is 11.3 Å². The molecule has 0 spiro atoms. The second-order valence-electron chi connectivity index (χ2n) is 5.38. The van der Waals surface area contributed by atoms with Gasteiger partial charge in [-0.2, -0.15) is 0 Å². The predicted octanol–water partition coefficient (Wildman–Crippen LogP) is 2.53. The number of benzene rings is 2. The minimum absolute atomic E-state index is 0.138. The van der Waals surface area contributed by atoms with Crippen LogP contribution in [0.2, 0.25) is 0 Å². The number of carbonyl (C=O) groups is 4. The van der Waals surface area contributed by atoms with Gasteiger partial charge >= 0.3 is 11.9 Å². The Morgan fingerprint density at radius 3 is 2.12 bits per heavy atom. The summed E-state index contributed by atoms with van der Waals surface area (Å²) < 4.78 is 4.99. The van der Waals surface area contributed by atoms with Crippen molar-refractivity contribution in [3.63, 3.8) is 0 Å². The number of esters is 1. The van der Waals surface area contributed by atoms with Crippen molar-refractivity contribution in [3.05, 3.63) is 65.7 Å². The van der Waals surface area contributed by atoms with Gasteiger partial charge in [-0.05, 0) is 24.3 Å². The van der Waals surface area contributed by atoms with Gasteiger partial charge in [-0.25, -0.2) is 4.79 Å². The monoisotopic (exact) mass is 355 g/mol. The van der Waals surface area contributed by atoms with Crippen LogP contribution in [0.4, 0.5) is 5.69 Å². The summed E-state index contributed by atoms with van der Waals surface area (Å²) >= 11 is 0. The van der Waals surface area contributed by atoms with Crippen LogP contribution in [-0.4, -0.2) is 35.3 Å². The number of Topliss-reactive ketones (excluding diaryl/α,β-unsaturated/α-hetero) is 1. The lowest BCUT2D eigenvalue weighted by molar-refractivity contribution is -0.138. The van der Waals surface area contributed by atoms with E-state index in [-0.39, 0.29) is 30.8 Å². The highest BCUT2D eigenvalue weighted by Crippen LogP contribution is 2.12. The lowest BCUT2D eigenvalue weighted by Crippen LogP contribution is -2.15. The molecule has 0 saturated carbocycles. The molecule has 2 aromatic rings. The van der Waals surface area contributed by atoms with Crippen LogP contribution in [0.1, 0.15) is 33.6 Å². The maximum Gasteiger partial charge on any atom is 0.338 e. The summed E-state index contributed by atoms with van der Waals surface area (Å²) in [5.41, 5.74) is 1.12. The van der Waals surface area contributed by atoms with E-state index in [1.165, 1.54) is 24.3 Å². The summed E-state index contributed by atoms with van der Waals surface area (Å²) in [5, 5.41) is 11.1. The number of carboxylic acids is 1. The van der Waals surface area contributed by atoms with Crippen LogP contribution in [-0.2, 0) is 14.3 Å². The average Bonchev–Trinajstić information content (AvgIpc) is 2.65. The fourth-order valence-electron chi connectivity index (χ4n) is 2.06. The van der Waals surface area contributed by atoms with Gasteiger partial charge in [-0.3, -0.25) is 14.4 Å². The summed E-state index contributed by atoms with van der Waals surface area (Å²) in [7, 11) is 0. The molecule has 7 heteroatoms. The molecule has 0 heterocycles. The van der Waals surface area contributed by atoms with E-state index in [1.807, 2.05) is 0 Å². The fraction of sp³-hybridized carbons (Fsp3) is 0.158. The quantitative estimate of drug-likeness (QED) is 0.556. The van der Waals surface area contributed by atoms with Crippen LogP contribution in [0.3, 0.4) is 0 Å². The van der Waals surface area contributed by atoms with E-state index in [9.17, 15) is 19.2 Å². The van der Waals surface area contributed by atoms with Crippen LogP contribution in [0.25, 0.3) is 0 Å². The summed E-state index contributed by atoms with van der Waals surface area (Å²) in [6, 6.07) is 14.4. The second kappa shape index (κ2) is 9.12. The minimum atomic E-state index is -1.05. The Kier molecular flexibility index (Phi) is 6.61. The van der Waals surface area contributed by atoms with Gasteiger partial charge in [0.15, 0.2) is 12.4 Å². The van der Waals surface area contributed by atoms with Gasteiger partial charge in [0, 0.05) is 17.7 Å². The fourth-order valence-corrected chi connectivity index (χ4v) is 2.06. The molecule has 0 bridgehead atoms. The number of carbonyl (C=O) groups excluding carboxylic acids is 3. The zero-order valence-electron chi connectivity index (χ0n) is 13.8. The molecule has 134 valence electrons. The van der Waals surface area contributed by atoms with Crippen molar-refractivity contribution in [1.29, 1.82) is 0 Å². The number of amides is 1. The molecule has 0 fully saturated rings. The van der Waals surface area contributed by atoms with Gasteiger partial charge in [0.25, 0.3) is 0 Å².